The molecular weight excluding hydrogens is 1290 g/mol. The van der Waals surface area contributed by atoms with Gasteiger partial charge in [0.2, 0.25) is 0 Å². The smallest absolute Gasteiger partial charge is 0.318 e. The van der Waals surface area contributed by atoms with E-state index in [2.05, 4.69) is 29.7 Å². The lowest BCUT2D eigenvalue weighted by atomic mass is 9.96. The van der Waals surface area contributed by atoms with Gasteiger partial charge < -0.3 is 50.1 Å². The molecule has 4 aromatic carbocycles. The Morgan fingerprint density at radius 3 is 0.947 bits per heavy atom. The maximum Gasteiger partial charge on any atom is 0.318 e. The summed E-state index contributed by atoms with van der Waals surface area (Å²) in [6, 6.07) is 37.2. The van der Waals surface area contributed by atoms with Gasteiger partial charge in [-0.25, -0.2) is 26.3 Å². The number of nitrogens with two attached hydrogens (primary N) is 1. The molecule has 4 aromatic rings. The molecule has 22 nitrogen and oxygen atoms in total. The summed E-state index contributed by atoms with van der Waals surface area (Å²) < 4.78 is 99.5. The number of halogens is 7. The van der Waals surface area contributed by atoms with E-state index in [9.17, 15) is 64.7 Å². The average Bonchev–Trinajstić information content (AvgIpc) is 1.66. The first-order chi connectivity index (χ1) is 44.0. The van der Waals surface area contributed by atoms with E-state index >= 15 is 0 Å². The number of carbonyl (C=O) groups is 9. The van der Waals surface area contributed by atoms with Crippen LogP contribution in [-0.4, -0.2) is 189 Å². The molecule has 0 radical (unpaired) electrons. The summed E-state index contributed by atoms with van der Waals surface area (Å²) in [5, 5.41) is 27.9. The van der Waals surface area contributed by atoms with Crippen molar-refractivity contribution in [2.45, 2.75) is 72.3 Å². The normalized spacial score (nSPS) is 21.3. The highest BCUT2D eigenvalue weighted by molar-refractivity contribution is 6.76. The van der Waals surface area contributed by atoms with Crippen molar-refractivity contribution >= 4 is 74.2 Å². The van der Waals surface area contributed by atoms with E-state index in [4.69, 9.17) is 44.8 Å². The second-order valence-corrected chi connectivity index (χ2v) is 28.9. The zero-order chi connectivity index (χ0) is 68.8. The van der Waals surface area contributed by atoms with Crippen LogP contribution in [0.3, 0.4) is 0 Å². The number of hydrogen-bond donors (Lipinski definition) is 5. The molecule has 5 heterocycles. The molecule has 9 rings (SSSR count). The highest BCUT2D eigenvalue weighted by Crippen LogP contribution is 2.32. The van der Waals surface area contributed by atoms with Gasteiger partial charge >= 0.3 is 47.8 Å². The summed E-state index contributed by atoms with van der Waals surface area (Å²) in [7, 11) is -0.853. The zero-order valence-electron chi connectivity index (χ0n) is 52.4. The number of ether oxygens (including phenoxy) is 5. The van der Waals surface area contributed by atoms with E-state index in [1.54, 1.807) is 0 Å². The number of alkyl halides is 6. The number of fused-ring (bicyclic) bond motifs is 1. The van der Waals surface area contributed by atoms with E-state index in [1.807, 2.05) is 121 Å². The molecule has 5 saturated heterocycles. The van der Waals surface area contributed by atoms with Crippen molar-refractivity contribution in [2.24, 2.45) is 53.1 Å². The Morgan fingerprint density at radius 1 is 0.479 bits per heavy atom. The van der Waals surface area contributed by atoms with Crippen LogP contribution >= 0.6 is 12.4 Å². The molecule has 5 aliphatic heterocycles. The molecule has 6 N–H and O–H groups in total. The van der Waals surface area contributed by atoms with E-state index < -0.39 is 130 Å². The molecule has 8 atom stereocenters. The third kappa shape index (κ3) is 29.2. The molecule has 2 unspecified atom stereocenters. The highest BCUT2D eigenvalue weighted by atomic mass is 35.5. The number of likely N-dealkylation sites (tertiary alicyclic amines) is 3. The summed E-state index contributed by atoms with van der Waals surface area (Å²) in [6.07, 6.45) is -6.64. The number of benzene rings is 4. The number of nitrogens with zero attached hydrogens (tertiary/aromatic N) is 3. The van der Waals surface area contributed by atoms with Gasteiger partial charge in [0.25, 0.3) is 25.2 Å². The van der Waals surface area contributed by atoms with Crippen molar-refractivity contribution in [3.63, 3.8) is 0 Å². The molecule has 0 aliphatic carbocycles. The van der Waals surface area contributed by atoms with Crippen LogP contribution in [0.2, 0.25) is 19.6 Å². The third-order valence-corrected chi connectivity index (χ3v) is 16.0. The maximum absolute atomic E-state index is 12.8. The fraction of sp³-hybridized carbons (Fsp3) is 0.484. The Balaban J connectivity index is 0.000000321. The first kappa shape index (κ1) is 80.4. The number of esters is 6. The van der Waals surface area contributed by atoms with Crippen molar-refractivity contribution in [3.05, 3.63) is 144 Å². The highest BCUT2D eigenvalue weighted by Gasteiger charge is 2.50. The van der Waals surface area contributed by atoms with Crippen LogP contribution in [0.4, 0.5) is 26.3 Å². The quantitative estimate of drug-likeness (QED) is 0.0189. The summed E-state index contributed by atoms with van der Waals surface area (Å²) >= 11 is 0. The monoisotopic (exact) mass is 1370 g/mol. The maximum atomic E-state index is 12.8. The van der Waals surface area contributed by atoms with E-state index in [0.29, 0.717) is 13.1 Å². The van der Waals surface area contributed by atoms with Gasteiger partial charge in [-0.05, 0) is 28.4 Å². The van der Waals surface area contributed by atoms with Crippen LogP contribution in [-0.2, 0) is 93.3 Å². The molecular formula is C64H82ClF6N5O17Si. The number of carboxylic acid groups (broad SMARTS) is 3. The predicted octanol–water partition coefficient (Wildman–Crippen LogP) is 6.78. The second kappa shape index (κ2) is 41.1. The van der Waals surface area contributed by atoms with Crippen LogP contribution in [0.1, 0.15) is 29.2 Å². The van der Waals surface area contributed by atoms with Gasteiger partial charge in [-0.1, -0.05) is 141 Å². The molecule has 30 heteroatoms. The number of hydrogen-bond acceptors (Lipinski definition) is 19. The van der Waals surface area contributed by atoms with Gasteiger partial charge in [-0.2, -0.15) is 0 Å². The van der Waals surface area contributed by atoms with Gasteiger partial charge in [-0.3, -0.25) is 57.9 Å². The summed E-state index contributed by atoms with van der Waals surface area (Å²) in [4.78, 5) is 106. The van der Waals surface area contributed by atoms with Gasteiger partial charge in [0.1, 0.15) is 26.4 Å². The first-order valence-electron chi connectivity index (χ1n) is 29.7. The lowest BCUT2D eigenvalue weighted by molar-refractivity contribution is -0.160. The largest absolute Gasteiger partial charge is 0.481 e. The van der Waals surface area contributed by atoms with Gasteiger partial charge in [0.15, 0.2) is 0 Å². The molecule has 0 aromatic heterocycles. The average molecular weight is 1370 g/mol. The molecule has 94 heavy (non-hydrogen) atoms. The van der Waals surface area contributed by atoms with Crippen molar-refractivity contribution in [1.29, 1.82) is 0 Å². The Morgan fingerprint density at radius 2 is 0.713 bits per heavy atom. The Kier molecular flexibility index (Phi) is 35.2. The minimum Gasteiger partial charge on any atom is -0.481 e. The molecule has 5 fully saturated rings. The third-order valence-electron chi connectivity index (χ3n) is 14.7. The number of aliphatic carboxylic acids is 3. The number of rotatable bonds is 21. The summed E-state index contributed by atoms with van der Waals surface area (Å²) in [6.45, 7) is 8.06. The number of carboxylic acids is 3. The van der Waals surface area contributed by atoms with E-state index in [0.717, 1.165) is 35.3 Å². The summed E-state index contributed by atoms with van der Waals surface area (Å²) in [5.41, 5.74) is 8.83. The van der Waals surface area contributed by atoms with Gasteiger partial charge in [0, 0.05) is 59.3 Å². The van der Waals surface area contributed by atoms with Crippen molar-refractivity contribution in [3.8, 4) is 0 Å². The van der Waals surface area contributed by atoms with E-state index in [1.165, 1.54) is 14.7 Å². The zero-order valence-corrected chi connectivity index (χ0v) is 54.2. The fourth-order valence-corrected chi connectivity index (χ4v) is 9.91. The Labute approximate surface area is 547 Å². The minimum atomic E-state index is -2.58. The predicted molar refractivity (Wildman–Crippen MR) is 332 cm³/mol. The molecule has 5 aliphatic rings. The topological polar surface area (TPSA) is 308 Å². The van der Waals surface area contributed by atoms with Crippen LogP contribution in [0.15, 0.2) is 121 Å². The number of carbonyl (C=O) groups excluding carboxylic acids is 6. The molecule has 0 spiro atoms. The number of cyclic esters (lactones) is 2. The second-order valence-electron chi connectivity index (χ2n) is 23.4. The Bertz CT molecular complexity index is 2840. The van der Waals surface area contributed by atoms with Crippen molar-refractivity contribution < 1.29 is 108 Å². The molecule has 0 saturated carbocycles. The first-order valence-corrected chi connectivity index (χ1v) is 33.4. The van der Waals surface area contributed by atoms with Crippen LogP contribution in [0.25, 0.3) is 0 Å². The van der Waals surface area contributed by atoms with Crippen molar-refractivity contribution in [2.75, 3.05) is 78.2 Å². The SMILES string of the molecule is CC(=O)O.C[Si](C)(C)CN.Cl.O=C(O)[C@H]1CN(CC(F)F)C[C@@H]1C(=O)O.O=C(OCc1ccccc1)[C@H]1CN(CC(F)F)C[C@@H]1C(=O)OCc1ccccc1.O=C(OCc1ccccc1)[C@H]1CNC[C@@H]1C(=O)OCc1ccccc1.O=C1OC(=O)C2CN(CC(F)F)CC12. The van der Waals surface area contributed by atoms with E-state index in [-0.39, 0.29) is 96.6 Å². The minimum absolute atomic E-state index is 0. The Hall–Kier alpha value is -7.80. The van der Waals surface area contributed by atoms with Crippen LogP contribution < -0.4 is 11.1 Å². The fourth-order valence-electron chi connectivity index (χ4n) is 9.91. The van der Waals surface area contributed by atoms with Gasteiger partial charge in [0.05, 0.1) is 75.1 Å². The lowest BCUT2D eigenvalue weighted by Crippen LogP contribution is -2.31. The summed E-state index contributed by atoms with van der Waals surface area (Å²) in [5.74, 6) is -12.3. The molecule has 0 amide bonds. The van der Waals surface area contributed by atoms with Crippen LogP contribution in [0.5, 0.6) is 0 Å². The van der Waals surface area contributed by atoms with Gasteiger partial charge in [-0.15, -0.1) is 12.4 Å². The van der Waals surface area contributed by atoms with Crippen LogP contribution in [0, 0.1) is 47.3 Å². The molecule has 0 bridgehead atoms. The van der Waals surface area contributed by atoms with Crippen molar-refractivity contribution in [1.82, 2.24) is 20.0 Å². The lowest BCUT2D eigenvalue weighted by Gasteiger charge is -2.16. The standard InChI is InChI=1S/C22H23F2NO4.C20H21NO4.C8H11F2NO4.C8H9F2NO3.C4H13NSi.C2H4O2.ClH/c23-20(24)13-25-11-18(21(26)28-14-16-7-3-1-4-8-16)19(12-25)22(27)29-15-17-9-5-2-6-10-17;22-19(24-13-15-7-3-1-4-8-15)17-11-21-12-18(17)20(23)25-14-16-9-5-2-6-10-16;9-6(10)3-11-1-4(7(12)13)5(2-11)8(14)15;9-6(10)3-11-1-4-5(2-11)8(13)14-7(4)12;1-6(2,3)4-5;1-2(3)4;/h1-10,18-20H,11-15H2;1-10,17-18,21H,11-14H2;4-6H,1-3H2,(H,12,13)(H,14,15);4-6H,1-3H2;4-5H2,1-3H3;1H3,(H,3,4);1H/t18-,19-;17-,18-;4-,5-;;;;/m000..../s1. The molecule has 518 valence electrons. The number of nitrogens with one attached hydrogen (secondary N) is 1.